The SMILES string of the molecule is C=C.C=N/C=C(/C)SC(F)(F)C(Cc1c[nH]c2ccccc12)C(=O)O.CNc1ccc(C#N)c2ccccc12.NC=O. The summed E-state index contributed by atoms with van der Waals surface area (Å²) in [5, 5.41) is 20.7. The number of nitrogens with two attached hydrogens (primary N) is 1. The number of nitriles is 1. The number of hydrogen-bond donors (Lipinski definition) is 4. The van der Waals surface area contributed by atoms with Gasteiger partial charge < -0.3 is 21.1 Å². The minimum absolute atomic E-state index is 0.193. The molecule has 0 fully saturated rings. The topological polar surface area (TPSA) is 144 Å². The minimum Gasteiger partial charge on any atom is -0.481 e. The number of aliphatic imine (C=N–C) groups is 1. The fraction of sp³-hybridized carbons (Fsp3) is 0.161. The summed E-state index contributed by atoms with van der Waals surface area (Å²) in [7, 11) is 1.88. The highest BCUT2D eigenvalue weighted by Gasteiger charge is 2.45. The van der Waals surface area contributed by atoms with Crippen LogP contribution in [-0.2, 0) is 16.0 Å². The van der Waals surface area contributed by atoms with Crippen LogP contribution in [0.15, 0.2) is 96.1 Å². The Morgan fingerprint density at radius 1 is 1.17 bits per heavy atom. The van der Waals surface area contributed by atoms with Gasteiger partial charge in [-0.15, -0.1) is 13.2 Å². The molecule has 0 saturated heterocycles. The van der Waals surface area contributed by atoms with E-state index in [2.05, 4.69) is 47.0 Å². The van der Waals surface area contributed by atoms with Crippen molar-refractivity contribution in [1.29, 1.82) is 5.26 Å². The number of H-pyrrole nitrogens is 1. The molecule has 0 aliphatic heterocycles. The molecule has 42 heavy (non-hydrogen) atoms. The fourth-order valence-corrected chi connectivity index (χ4v) is 4.81. The number of carboxylic acid groups (broad SMARTS) is 1. The molecule has 0 aliphatic rings. The van der Waals surface area contributed by atoms with Crippen LogP contribution < -0.4 is 11.1 Å². The van der Waals surface area contributed by atoms with Crippen molar-refractivity contribution in [1.82, 2.24) is 4.98 Å². The van der Waals surface area contributed by atoms with Gasteiger partial charge >= 0.3 is 11.2 Å². The van der Waals surface area contributed by atoms with Crippen molar-refractivity contribution < 1.29 is 23.5 Å². The van der Waals surface area contributed by atoms with Crippen molar-refractivity contribution in [3.05, 3.63) is 102 Å². The molecule has 1 heterocycles. The highest BCUT2D eigenvalue weighted by atomic mass is 32.2. The van der Waals surface area contributed by atoms with Crippen LogP contribution in [0, 0.1) is 17.2 Å². The molecular weight excluding hydrogens is 560 g/mol. The average molecular weight is 594 g/mol. The molecule has 0 bridgehead atoms. The number of anilines is 1. The summed E-state index contributed by atoms with van der Waals surface area (Å²) in [6.07, 6.45) is 2.74. The molecule has 4 rings (SSSR count). The molecule has 0 radical (unpaired) electrons. The van der Waals surface area contributed by atoms with Gasteiger partial charge in [0.25, 0.3) is 0 Å². The van der Waals surface area contributed by atoms with Crippen molar-refractivity contribution in [3.63, 3.8) is 0 Å². The number of carbonyl (C=O) groups is 2. The smallest absolute Gasteiger partial charge is 0.313 e. The Morgan fingerprint density at radius 3 is 2.29 bits per heavy atom. The van der Waals surface area contributed by atoms with Crippen LogP contribution in [0.1, 0.15) is 18.1 Å². The van der Waals surface area contributed by atoms with Gasteiger partial charge in [-0.3, -0.25) is 14.6 Å². The van der Waals surface area contributed by atoms with Crippen molar-refractivity contribution in [3.8, 4) is 6.07 Å². The van der Waals surface area contributed by atoms with E-state index in [0.29, 0.717) is 5.56 Å². The summed E-state index contributed by atoms with van der Waals surface area (Å²) in [4.78, 5) is 26.6. The third-order valence-corrected chi connectivity index (χ3v) is 6.67. The molecule has 8 nitrogen and oxygen atoms in total. The van der Waals surface area contributed by atoms with E-state index in [0.717, 1.165) is 32.9 Å². The van der Waals surface area contributed by atoms with Crippen LogP contribution in [0.5, 0.6) is 0 Å². The van der Waals surface area contributed by atoms with Crippen molar-refractivity contribution in [2.24, 2.45) is 16.6 Å². The normalized spacial score (nSPS) is 11.3. The zero-order valence-electron chi connectivity index (χ0n) is 23.3. The van der Waals surface area contributed by atoms with Crippen LogP contribution in [0.4, 0.5) is 14.5 Å². The predicted octanol–water partition coefficient (Wildman–Crippen LogP) is 6.96. The molecule has 1 unspecified atom stereocenters. The van der Waals surface area contributed by atoms with Crippen LogP contribution in [0.2, 0.25) is 0 Å². The molecule has 0 spiro atoms. The summed E-state index contributed by atoms with van der Waals surface area (Å²) in [5.41, 5.74) is 7.28. The summed E-state index contributed by atoms with van der Waals surface area (Å²) >= 11 is 0.193. The molecule has 11 heteroatoms. The Morgan fingerprint density at radius 2 is 1.74 bits per heavy atom. The van der Waals surface area contributed by atoms with E-state index in [1.165, 1.54) is 13.1 Å². The van der Waals surface area contributed by atoms with Gasteiger partial charge in [-0.25, -0.2) is 0 Å². The molecule has 4 aromatic rings. The Bertz CT molecular complexity index is 1560. The van der Waals surface area contributed by atoms with E-state index in [-0.39, 0.29) is 29.5 Å². The van der Waals surface area contributed by atoms with Gasteiger partial charge in [0.2, 0.25) is 6.41 Å². The number of aliphatic carboxylic acids is 1. The van der Waals surface area contributed by atoms with E-state index in [1.54, 1.807) is 18.3 Å². The number of rotatable bonds is 8. The lowest BCUT2D eigenvalue weighted by Crippen LogP contribution is -2.33. The number of primary amides is 1. The molecule has 5 N–H and O–H groups in total. The second-order valence-electron chi connectivity index (χ2n) is 8.24. The zero-order chi connectivity index (χ0) is 31.7. The number of amides is 1. The fourth-order valence-electron chi connectivity index (χ4n) is 3.93. The number of allylic oxidation sites excluding steroid dienone is 1. The Balaban J connectivity index is 0.000000394. The first-order chi connectivity index (χ1) is 20.1. The number of aromatic nitrogens is 1. The number of thioether (sulfide) groups is 1. The van der Waals surface area contributed by atoms with Gasteiger partial charge in [-0.05, 0) is 43.8 Å². The lowest BCUT2D eigenvalue weighted by molar-refractivity contribution is -0.148. The molecule has 1 aromatic heterocycles. The molecule has 220 valence electrons. The number of alkyl halides is 2. The van der Waals surface area contributed by atoms with Crippen LogP contribution in [-0.4, -0.2) is 41.5 Å². The molecule has 1 amide bonds. The molecular formula is C31H33F2N5O3S. The summed E-state index contributed by atoms with van der Waals surface area (Å²) in [6.45, 7) is 10.6. The number of nitrogens with zero attached hydrogens (tertiary/aromatic N) is 2. The summed E-state index contributed by atoms with van der Waals surface area (Å²) in [6, 6.07) is 21.1. The Hall–Kier alpha value is -4.95. The summed E-state index contributed by atoms with van der Waals surface area (Å²) < 4.78 is 28.7. The Kier molecular flexibility index (Phi) is 14.8. The maximum atomic E-state index is 14.4. The second kappa shape index (κ2) is 17.7. The van der Waals surface area contributed by atoms with Gasteiger partial charge in [0.15, 0.2) is 0 Å². The first kappa shape index (κ1) is 35.1. The number of para-hydroxylation sites is 1. The molecule has 0 saturated carbocycles. The van der Waals surface area contributed by atoms with Gasteiger partial charge in [-0.1, -0.05) is 54.2 Å². The first-order valence-electron chi connectivity index (χ1n) is 12.4. The van der Waals surface area contributed by atoms with E-state index >= 15 is 0 Å². The van der Waals surface area contributed by atoms with E-state index in [9.17, 15) is 18.7 Å². The van der Waals surface area contributed by atoms with Gasteiger partial charge in [0.1, 0.15) is 5.92 Å². The standard InChI is InChI=1S/C16H16F2N2O2S.C12H10N2.C2H4.CH3NO/c1-10(8-19-2)23-16(17,18)13(15(21)22)7-11-9-20-14-6-4-3-5-12(11)14;1-14-12-7-6-9(8-13)10-4-2-3-5-11(10)12;1-2;2-1-3/h3-6,8-9,13,20H,2,7H2,1H3,(H,21,22);2-7,14H,1H3;1-2H2;1H,(H2,2,3)/b10-8-;;;. The molecule has 0 aliphatic carbocycles. The third kappa shape index (κ3) is 9.60. The van der Waals surface area contributed by atoms with Crippen LogP contribution in [0.25, 0.3) is 21.7 Å². The van der Waals surface area contributed by atoms with E-state index in [1.807, 2.05) is 55.6 Å². The number of aromatic amines is 1. The second-order valence-corrected chi connectivity index (χ2v) is 9.64. The maximum absolute atomic E-state index is 14.4. The minimum atomic E-state index is -3.46. The number of nitrogens with one attached hydrogen (secondary N) is 2. The average Bonchev–Trinajstić information content (AvgIpc) is 3.39. The first-order valence-corrected chi connectivity index (χ1v) is 13.2. The monoisotopic (exact) mass is 593 g/mol. The molecule has 3 aromatic carbocycles. The van der Waals surface area contributed by atoms with Crippen molar-refractivity contribution in [2.75, 3.05) is 12.4 Å². The van der Waals surface area contributed by atoms with Crippen molar-refractivity contribution >= 4 is 58.2 Å². The number of benzene rings is 3. The number of hydrogen-bond acceptors (Lipinski definition) is 6. The maximum Gasteiger partial charge on any atom is 0.313 e. The quantitative estimate of drug-likeness (QED) is 0.0988. The lowest BCUT2D eigenvalue weighted by atomic mass is 9.99. The zero-order valence-corrected chi connectivity index (χ0v) is 24.1. The van der Waals surface area contributed by atoms with Crippen molar-refractivity contribution in [2.45, 2.75) is 18.6 Å². The highest BCUT2D eigenvalue weighted by molar-refractivity contribution is 8.04. The number of carboxylic acids is 1. The number of fused-ring (bicyclic) bond motifs is 2. The van der Waals surface area contributed by atoms with E-state index in [4.69, 9.17) is 10.1 Å². The van der Waals surface area contributed by atoms with Gasteiger partial charge in [-0.2, -0.15) is 14.0 Å². The largest absolute Gasteiger partial charge is 0.481 e. The van der Waals surface area contributed by atoms with Gasteiger partial charge in [0, 0.05) is 51.7 Å². The lowest BCUT2D eigenvalue weighted by Gasteiger charge is -2.23. The highest BCUT2D eigenvalue weighted by Crippen LogP contribution is 2.43. The van der Waals surface area contributed by atoms with Crippen LogP contribution in [0.3, 0.4) is 0 Å². The Labute approximate surface area is 247 Å². The number of carbonyl (C=O) groups excluding carboxylic acids is 1. The van der Waals surface area contributed by atoms with E-state index < -0.39 is 17.1 Å². The summed E-state index contributed by atoms with van der Waals surface area (Å²) in [5.74, 6) is -3.38. The van der Waals surface area contributed by atoms with Gasteiger partial charge in [0.05, 0.1) is 11.6 Å². The predicted molar refractivity (Wildman–Crippen MR) is 169 cm³/mol. The number of halogens is 2. The van der Waals surface area contributed by atoms with Crippen LogP contribution >= 0.6 is 11.8 Å². The molecule has 1 atom stereocenters. The third-order valence-electron chi connectivity index (χ3n) is 5.69.